The summed E-state index contributed by atoms with van der Waals surface area (Å²) < 4.78 is 41.9. The van der Waals surface area contributed by atoms with Crippen molar-refractivity contribution in [3.8, 4) is 0 Å². The van der Waals surface area contributed by atoms with E-state index in [1.807, 2.05) is 0 Å². The van der Waals surface area contributed by atoms with Crippen molar-refractivity contribution in [1.29, 1.82) is 0 Å². The Morgan fingerprint density at radius 2 is 2.12 bits per heavy atom. The number of rotatable bonds is 2. The lowest BCUT2D eigenvalue weighted by Gasteiger charge is -2.08. The molecule has 0 radical (unpaired) electrons. The quantitative estimate of drug-likeness (QED) is 0.719. The van der Waals surface area contributed by atoms with E-state index in [0.717, 1.165) is 19.4 Å². The largest absolute Gasteiger partial charge is 0.468 e. The van der Waals surface area contributed by atoms with Crippen LogP contribution in [0.3, 0.4) is 0 Å². The predicted molar refractivity (Wildman–Crippen MR) is 47.7 cm³/mol. The van der Waals surface area contributed by atoms with E-state index in [4.69, 9.17) is 0 Å². The molecule has 0 aromatic carbocycles. The highest BCUT2D eigenvalue weighted by Gasteiger charge is 2.34. The Kier molecular flexibility index (Phi) is 3.36. The van der Waals surface area contributed by atoms with Crippen molar-refractivity contribution < 1.29 is 22.7 Å². The summed E-state index contributed by atoms with van der Waals surface area (Å²) in [6.07, 6.45) is -3.63. The molecule has 0 spiro atoms. The maximum atomic E-state index is 12.3. The van der Waals surface area contributed by atoms with Crippen LogP contribution in [0.4, 0.5) is 13.2 Å². The van der Waals surface area contributed by atoms with Crippen molar-refractivity contribution in [3.05, 3.63) is 34.2 Å². The molecule has 1 rings (SSSR count). The first-order chi connectivity index (χ1) is 7.36. The number of ether oxygens (including phenoxy) is 1. The summed E-state index contributed by atoms with van der Waals surface area (Å²) in [6, 6.07) is 1.71. The number of methoxy groups -OCH3 is 1. The zero-order chi connectivity index (χ0) is 12.3. The van der Waals surface area contributed by atoms with Crippen molar-refractivity contribution in [1.82, 2.24) is 4.57 Å². The lowest BCUT2D eigenvalue weighted by Crippen LogP contribution is -2.30. The molecule has 1 heterocycles. The number of hydrogen-bond donors (Lipinski definition) is 0. The van der Waals surface area contributed by atoms with E-state index >= 15 is 0 Å². The molecule has 88 valence electrons. The summed E-state index contributed by atoms with van der Waals surface area (Å²) in [7, 11) is 1.08. The summed E-state index contributed by atoms with van der Waals surface area (Å²) in [5.74, 6) is -0.790. The monoisotopic (exact) mass is 235 g/mol. The molecule has 0 fully saturated rings. The lowest BCUT2D eigenvalue weighted by atomic mass is 10.2. The number of nitrogens with zero attached hydrogens (tertiary/aromatic N) is 1. The van der Waals surface area contributed by atoms with Crippen LogP contribution < -0.4 is 5.56 Å². The fourth-order valence-electron chi connectivity index (χ4n) is 1.08. The summed E-state index contributed by atoms with van der Waals surface area (Å²) in [5, 5.41) is 0. The van der Waals surface area contributed by atoms with Gasteiger partial charge in [-0.15, -0.1) is 0 Å². The van der Waals surface area contributed by atoms with Gasteiger partial charge in [-0.25, -0.2) is 0 Å². The Hall–Kier alpha value is -1.79. The van der Waals surface area contributed by atoms with Gasteiger partial charge in [0.2, 0.25) is 0 Å². The van der Waals surface area contributed by atoms with Gasteiger partial charge in [-0.2, -0.15) is 13.2 Å². The molecule has 0 saturated carbocycles. The third kappa shape index (κ3) is 2.62. The van der Waals surface area contributed by atoms with E-state index in [9.17, 15) is 22.8 Å². The normalized spacial score (nSPS) is 11.2. The SMILES string of the molecule is COC(=O)Cn1cccc(C(F)(F)F)c1=O. The van der Waals surface area contributed by atoms with Gasteiger partial charge in [0.25, 0.3) is 5.56 Å². The highest BCUT2D eigenvalue weighted by atomic mass is 19.4. The third-order valence-electron chi connectivity index (χ3n) is 1.85. The van der Waals surface area contributed by atoms with Crippen LogP contribution in [0.15, 0.2) is 23.1 Å². The number of hydrogen-bond acceptors (Lipinski definition) is 3. The minimum atomic E-state index is -4.73. The van der Waals surface area contributed by atoms with Crippen LogP contribution in [0, 0.1) is 0 Å². The van der Waals surface area contributed by atoms with E-state index in [0.29, 0.717) is 10.6 Å². The van der Waals surface area contributed by atoms with Gasteiger partial charge >= 0.3 is 12.1 Å². The van der Waals surface area contributed by atoms with Crippen LogP contribution in [0.5, 0.6) is 0 Å². The average Bonchev–Trinajstić information content (AvgIpc) is 2.19. The highest BCUT2D eigenvalue weighted by molar-refractivity contribution is 5.68. The first-order valence-corrected chi connectivity index (χ1v) is 4.19. The van der Waals surface area contributed by atoms with Crippen LogP contribution >= 0.6 is 0 Å². The van der Waals surface area contributed by atoms with Gasteiger partial charge in [-0.05, 0) is 12.1 Å². The Bertz CT molecular complexity index is 450. The number of aromatic nitrogens is 1. The molecule has 0 bridgehead atoms. The van der Waals surface area contributed by atoms with Crippen molar-refractivity contribution in [2.45, 2.75) is 12.7 Å². The molecule has 0 atom stereocenters. The fourth-order valence-corrected chi connectivity index (χ4v) is 1.08. The molecular weight excluding hydrogens is 227 g/mol. The first kappa shape index (κ1) is 12.3. The molecule has 4 nitrogen and oxygen atoms in total. The molecule has 0 N–H and O–H groups in total. The van der Waals surface area contributed by atoms with Gasteiger partial charge in [0, 0.05) is 6.20 Å². The number of carbonyl (C=O) groups is 1. The smallest absolute Gasteiger partial charge is 0.421 e. The van der Waals surface area contributed by atoms with E-state index in [1.165, 1.54) is 0 Å². The average molecular weight is 235 g/mol. The van der Waals surface area contributed by atoms with E-state index in [1.54, 1.807) is 0 Å². The maximum absolute atomic E-state index is 12.3. The summed E-state index contributed by atoms with van der Waals surface area (Å²) in [5.41, 5.74) is -2.57. The predicted octanol–water partition coefficient (Wildman–Crippen LogP) is 1.04. The summed E-state index contributed by atoms with van der Waals surface area (Å²) in [4.78, 5) is 22.1. The standard InChI is InChI=1S/C9H8F3NO3/c1-16-7(14)5-13-4-2-3-6(8(13)15)9(10,11)12/h2-4H,5H2,1H3. The fraction of sp³-hybridized carbons (Fsp3) is 0.333. The maximum Gasteiger partial charge on any atom is 0.421 e. The molecule has 0 amide bonds. The molecule has 0 aliphatic heterocycles. The Morgan fingerprint density at radius 1 is 1.50 bits per heavy atom. The number of alkyl halides is 3. The van der Waals surface area contributed by atoms with Crippen molar-refractivity contribution >= 4 is 5.97 Å². The topological polar surface area (TPSA) is 48.3 Å². The molecule has 7 heteroatoms. The zero-order valence-electron chi connectivity index (χ0n) is 8.25. The molecule has 1 aromatic heterocycles. The van der Waals surface area contributed by atoms with Gasteiger partial charge in [0.05, 0.1) is 7.11 Å². The minimum absolute atomic E-state index is 0.542. The lowest BCUT2D eigenvalue weighted by molar-refractivity contribution is -0.143. The van der Waals surface area contributed by atoms with Crippen molar-refractivity contribution in [2.75, 3.05) is 7.11 Å². The molecule has 0 saturated heterocycles. The number of carbonyl (C=O) groups excluding carboxylic acids is 1. The Labute approximate surface area is 88.3 Å². The van der Waals surface area contributed by atoms with Gasteiger partial charge < -0.3 is 9.30 Å². The first-order valence-electron chi connectivity index (χ1n) is 4.19. The second kappa shape index (κ2) is 4.38. The molecule has 0 unspecified atom stereocenters. The molecule has 1 aromatic rings. The van der Waals surface area contributed by atoms with Crippen LogP contribution in [-0.2, 0) is 22.3 Å². The number of pyridine rings is 1. The van der Waals surface area contributed by atoms with Gasteiger partial charge in [-0.1, -0.05) is 0 Å². The Balaban J connectivity index is 3.15. The molecule has 0 aliphatic carbocycles. The molecular formula is C9H8F3NO3. The second-order valence-electron chi connectivity index (χ2n) is 2.93. The Morgan fingerprint density at radius 3 is 2.62 bits per heavy atom. The second-order valence-corrected chi connectivity index (χ2v) is 2.93. The zero-order valence-corrected chi connectivity index (χ0v) is 8.25. The molecule has 0 aliphatic rings. The molecule has 16 heavy (non-hydrogen) atoms. The number of halogens is 3. The van der Waals surface area contributed by atoms with Crippen LogP contribution in [0.2, 0.25) is 0 Å². The van der Waals surface area contributed by atoms with E-state index in [2.05, 4.69) is 4.74 Å². The van der Waals surface area contributed by atoms with E-state index < -0.39 is 29.8 Å². The van der Waals surface area contributed by atoms with Crippen LogP contribution in [-0.4, -0.2) is 17.6 Å². The van der Waals surface area contributed by atoms with Crippen LogP contribution in [0.1, 0.15) is 5.56 Å². The van der Waals surface area contributed by atoms with Gasteiger partial charge in [-0.3, -0.25) is 9.59 Å². The van der Waals surface area contributed by atoms with E-state index in [-0.39, 0.29) is 0 Å². The minimum Gasteiger partial charge on any atom is -0.468 e. The van der Waals surface area contributed by atoms with Crippen molar-refractivity contribution in [3.63, 3.8) is 0 Å². The van der Waals surface area contributed by atoms with Crippen LogP contribution in [0.25, 0.3) is 0 Å². The number of esters is 1. The van der Waals surface area contributed by atoms with Gasteiger partial charge in [0.15, 0.2) is 0 Å². The highest BCUT2D eigenvalue weighted by Crippen LogP contribution is 2.25. The van der Waals surface area contributed by atoms with Crippen molar-refractivity contribution in [2.24, 2.45) is 0 Å². The summed E-state index contributed by atoms with van der Waals surface area (Å²) >= 11 is 0. The third-order valence-corrected chi connectivity index (χ3v) is 1.85. The van der Waals surface area contributed by atoms with Gasteiger partial charge in [0.1, 0.15) is 12.1 Å². The summed E-state index contributed by atoms with van der Waals surface area (Å²) in [6.45, 7) is -0.542.